The molecule has 17 heavy (non-hydrogen) atoms. The summed E-state index contributed by atoms with van der Waals surface area (Å²) in [6, 6.07) is 6.16. The van der Waals surface area contributed by atoms with E-state index in [9.17, 15) is 4.79 Å². The normalized spacial score (nSPS) is 26.3. The van der Waals surface area contributed by atoms with Gasteiger partial charge in [0.05, 0.1) is 11.8 Å². The van der Waals surface area contributed by atoms with Gasteiger partial charge in [-0.3, -0.25) is 4.79 Å². The molecule has 3 rings (SSSR count). The average Bonchev–Trinajstić information content (AvgIpc) is 2.57. The Hall–Kier alpha value is -1.15. The van der Waals surface area contributed by atoms with Gasteiger partial charge in [0.15, 0.2) is 5.78 Å². The highest BCUT2D eigenvalue weighted by Crippen LogP contribution is 2.34. The molecule has 0 saturated carbocycles. The fraction of sp³-hybridized carbons (Fsp3) is 0.200. The smallest absolute Gasteiger partial charge is 0.154 e. The van der Waals surface area contributed by atoms with E-state index in [0.29, 0.717) is 0 Å². The highest BCUT2D eigenvalue weighted by Gasteiger charge is 2.35. The average molecular weight is 288 g/mol. The Kier molecular flexibility index (Phi) is 2.55. The zero-order chi connectivity index (χ0) is 11.9. The van der Waals surface area contributed by atoms with Crippen molar-refractivity contribution in [3.63, 3.8) is 0 Å². The number of carbonyl (C=O) groups excluding carboxylic acids is 1. The summed E-state index contributed by atoms with van der Waals surface area (Å²) in [7, 11) is 0. The van der Waals surface area contributed by atoms with Crippen molar-refractivity contribution in [1.82, 2.24) is 0 Å². The molecule has 1 radical (unpaired) electrons. The summed E-state index contributed by atoms with van der Waals surface area (Å²) in [5.74, 6) is 0.193. The van der Waals surface area contributed by atoms with Gasteiger partial charge in [-0.25, -0.2) is 0 Å². The topological polar surface area (TPSA) is 17.1 Å². The number of fused-ring (bicyclic) bond motifs is 1. The lowest BCUT2D eigenvalue weighted by Gasteiger charge is -2.20. The van der Waals surface area contributed by atoms with Gasteiger partial charge >= 0.3 is 0 Å². The van der Waals surface area contributed by atoms with Crippen LogP contribution in [-0.4, -0.2) is 5.78 Å². The fourth-order valence-corrected chi connectivity index (χ4v) is 2.92. The number of halogens is 1. The zero-order valence-corrected chi connectivity index (χ0v) is 10.9. The molecule has 1 atom stereocenters. The maximum atomic E-state index is 12.2. The van der Waals surface area contributed by atoms with Crippen LogP contribution in [0.3, 0.4) is 0 Å². The van der Waals surface area contributed by atoms with Crippen LogP contribution in [0.5, 0.6) is 0 Å². The second-order valence-corrected chi connectivity index (χ2v) is 5.52. The van der Waals surface area contributed by atoms with Crippen molar-refractivity contribution in [3.05, 3.63) is 51.7 Å². The Labute approximate surface area is 109 Å². The van der Waals surface area contributed by atoms with Gasteiger partial charge in [0.1, 0.15) is 0 Å². The highest BCUT2D eigenvalue weighted by molar-refractivity contribution is 9.10. The van der Waals surface area contributed by atoms with Crippen molar-refractivity contribution in [2.24, 2.45) is 5.41 Å². The van der Waals surface area contributed by atoms with E-state index in [1.807, 2.05) is 12.1 Å². The predicted molar refractivity (Wildman–Crippen MR) is 72.4 cm³/mol. The molecule has 0 saturated heterocycles. The number of rotatable bonds is 0. The van der Waals surface area contributed by atoms with Crippen LogP contribution < -0.4 is 10.4 Å². The fourth-order valence-electron chi connectivity index (χ4n) is 2.54. The molecule has 0 amide bonds. The number of hydrogen-bond acceptors (Lipinski definition) is 1. The first-order valence-electron chi connectivity index (χ1n) is 5.75. The molecule has 0 bridgehead atoms. The molecule has 1 nitrogen and oxygen atoms in total. The Morgan fingerprint density at radius 1 is 1.18 bits per heavy atom. The summed E-state index contributed by atoms with van der Waals surface area (Å²) in [5.41, 5.74) is -0.410. The van der Waals surface area contributed by atoms with E-state index in [-0.39, 0.29) is 5.78 Å². The van der Waals surface area contributed by atoms with Crippen molar-refractivity contribution >= 4 is 33.9 Å². The molecular weight excluding hydrogens is 276 g/mol. The largest absolute Gasteiger partial charge is 0.298 e. The van der Waals surface area contributed by atoms with E-state index < -0.39 is 5.41 Å². The summed E-state index contributed by atoms with van der Waals surface area (Å²) < 4.78 is 1.06. The summed E-state index contributed by atoms with van der Waals surface area (Å²) in [4.78, 5) is 12.2. The number of benzene rings is 1. The summed E-state index contributed by atoms with van der Waals surface area (Å²) >= 11 is 3.47. The minimum atomic E-state index is -0.410. The Morgan fingerprint density at radius 3 is 2.88 bits per heavy atom. The minimum Gasteiger partial charge on any atom is -0.298 e. The minimum absolute atomic E-state index is 0.193. The van der Waals surface area contributed by atoms with E-state index in [4.69, 9.17) is 0 Å². The third-order valence-corrected chi connectivity index (χ3v) is 3.94. The lowest BCUT2D eigenvalue weighted by molar-refractivity contribution is -0.119. The molecule has 85 valence electrons. The number of carbonyl (C=O) groups is 1. The second-order valence-electron chi connectivity index (χ2n) is 4.60. The molecule has 2 aliphatic carbocycles. The van der Waals surface area contributed by atoms with Gasteiger partial charge in [0.2, 0.25) is 0 Å². The third-order valence-electron chi connectivity index (χ3n) is 3.44. The van der Waals surface area contributed by atoms with Crippen LogP contribution in [0.25, 0.3) is 12.2 Å². The molecule has 0 N–H and O–H groups in total. The van der Waals surface area contributed by atoms with E-state index in [1.54, 1.807) is 6.42 Å². The Balaban J connectivity index is 2.16. The van der Waals surface area contributed by atoms with Gasteiger partial charge in [0, 0.05) is 4.47 Å². The van der Waals surface area contributed by atoms with E-state index >= 15 is 0 Å². The number of hydrogen-bond donors (Lipinski definition) is 0. The Bertz CT molecular complexity index is 627. The van der Waals surface area contributed by atoms with Crippen LogP contribution in [-0.2, 0) is 4.79 Å². The molecule has 1 spiro atoms. The first kappa shape index (κ1) is 11.0. The van der Waals surface area contributed by atoms with Gasteiger partial charge in [-0.05, 0) is 35.4 Å². The first-order valence-corrected chi connectivity index (χ1v) is 6.55. The molecule has 1 aromatic carbocycles. The summed E-state index contributed by atoms with van der Waals surface area (Å²) in [6.07, 6.45) is 11.7. The number of allylic oxidation sites excluding steroid dienone is 2. The van der Waals surface area contributed by atoms with Crippen LogP contribution in [0.2, 0.25) is 0 Å². The molecule has 0 fully saturated rings. The van der Waals surface area contributed by atoms with Crippen molar-refractivity contribution in [2.75, 3.05) is 0 Å². The molecule has 0 aromatic heterocycles. The molecule has 0 unspecified atom stereocenters. The summed E-state index contributed by atoms with van der Waals surface area (Å²) in [6.45, 7) is 0. The highest BCUT2D eigenvalue weighted by atomic mass is 79.9. The van der Waals surface area contributed by atoms with Gasteiger partial charge < -0.3 is 0 Å². The van der Waals surface area contributed by atoms with Gasteiger partial charge in [-0.1, -0.05) is 46.3 Å². The molecule has 2 aliphatic rings. The number of Topliss-reactive ketones (excluding diaryl/α,β-unsaturated/α-hetero) is 1. The lowest BCUT2D eigenvalue weighted by atomic mass is 9.80. The maximum absolute atomic E-state index is 12.2. The molecule has 0 aliphatic heterocycles. The van der Waals surface area contributed by atoms with E-state index in [2.05, 4.69) is 46.3 Å². The quantitative estimate of drug-likeness (QED) is 0.715. The Morgan fingerprint density at radius 2 is 2.00 bits per heavy atom. The van der Waals surface area contributed by atoms with Gasteiger partial charge in [-0.15, -0.1) is 0 Å². The van der Waals surface area contributed by atoms with Crippen LogP contribution in [0.1, 0.15) is 12.8 Å². The first-order chi connectivity index (χ1) is 8.20. The van der Waals surface area contributed by atoms with Crippen LogP contribution in [0.15, 0.2) is 34.8 Å². The summed E-state index contributed by atoms with van der Waals surface area (Å²) in [5, 5.41) is 2.32. The predicted octanol–water partition coefficient (Wildman–Crippen LogP) is 2.13. The van der Waals surface area contributed by atoms with Crippen molar-refractivity contribution < 1.29 is 4.79 Å². The van der Waals surface area contributed by atoms with Gasteiger partial charge in [0.25, 0.3) is 0 Å². The lowest BCUT2D eigenvalue weighted by Crippen LogP contribution is -2.24. The standard InChI is InChI=1S/C15H12BrO/c16-13-6-5-11-9-15(10-12(11)8-13)7-3-1-2-4-14(15)17/h1-2,4-6,8-10H,3,7H2/t15-/m1/s1. The van der Waals surface area contributed by atoms with E-state index in [0.717, 1.165) is 27.8 Å². The van der Waals surface area contributed by atoms with E-state index in [1.165, 1.54) is 0 Å². The molecule has 0 heterocycles. The van der Waals surface area contributed by atoms with Crippen LogP contribution in [0.4, 0.5) is 0 Å². The third kappa shape index (κ3) is 1.81. The van der Waals surface area contributed by atoms with Gasteiger partial charge in [-0.2, -0.15) is 0 Å². The monoisotopic (exact) mass is 287 g/mol. The van der Waals surface area contributed by atoms with Crippen LogP contribution >= 0.6 is 15.9 Å². The van der Waals surface area contributed by atoms with Crippen LogP contribution in [0, 0.1) is 11.8 Å². The zero-order valence-electron chi connectivity index (χ0n) is 9.32. The molecule has 2 heteroatoms. The molecular formula is C15H12BrO. The van der Waals surface area contributed by atoms with Crippen molar-refractivity contribution in [3.8, 4) is 0 Å². The van der Waals surface area contributed by atoms with Crippen molar-refractivity contribution in [2.45, 2.75) is 12.8 Å². The maximum Gasteiger partial charge on any atom is 0.154 e. The molecule has 1 aromatic rings. The SMILES string of the molecule is O=C1[CH]C=CCC[C@]12C=c1ccc(Br)cc1=C2. The second kappa shape index (κ2) is 3.95. The number of ketones is 1. The van der Waals surface area contributed by atoms with Crippen molar-refractivity contribution in [1.29, 1.82) is 0 Å².